The third-order valence-corrected chi connectivity index (χ3v) is 3.91. The minimum absolute atomic E-state index is 0.0456. The first-order valence-electron chi connectivity index (χ1n) is 7.66. The first-order valence-corrected chi connectivity index (χ1v) is 7.66. The highest BCUT2D eigenvalue weighted by atomic mass is 19.1. The Hall–Kier alpha value is -2.80. The van der Waals surface area contributed by atoms with Crippen LogP contribution in [-0.4, -0.2) is 27.0 Å². The molecule has 0 aliphatic heterocycles. The Morgan fingerprint density at radius 2 is 1.92 bits per heavy atom. The number of aryl methyl sites for hydroxylation is 2. The van der Waals surface area contributed by atoms with Gasteiger partial charge in [0.25, 0.3) is 0 Å². The number of aliphatic hydroxyl groups excluding tert-OH is 1. The van der Waals surface area contributed by atoms with Crippen LogP contribution in [0.2, 0.25) is 0 Å². The Morgan fingerprint density at radius 3 is 2.56 bits per heavy atom. The predicted molar refractivity (Wildman–Crippen MR) is 89.3 cm³/mol. The average Bonchev–Trinajstić information content (AvgIpc) is 2.89. The van der Waals surface area contributed by atoms with Crippen molar-refractivity contribution in [1.82, 2.24) is 9.61 Å². The van der Waals surface area contributed by atoms with Gasteiger partial charge in [-0.05, 0) is 37.6 Å². The van der Waals surface area contributed by atoms with Crippen molar-refractivity contribution in [2.24, 2.45) is 0 Å². The molecule has 130 valence electrons. The molecule has 2 heterocycles. The summed E-state index contributed by atoms with van der Waals surface area (Å²) in [6.45, 7) is 2.86. The van der Waals surface area contributed by atoms with E-state index in [-0.39, 0.29) is 17.9 Å². The molecular weight excluding hydrogens is 328 g/mol. The number of halogens is 2. The van der Waals surface area contributed by atoms with Crippen LogP contribution < -0.4 is 4.74 Å². The van der Waals surface area contributed by atoms with Crippen molar-refractivity contribution in [3.05, 3.63) is 64.4 Å². The number of aliphatic hydroxyl groups is 1. The molecule has 0 fully saturated rings. The summed E-state index contributed by atoms with van der Waals surface area (Å²) in [5, 5.41) is 21.5. The van der Waals surface area contributed by atoms with E-state index >= 15 is 0 Å². The smallest absolute Gasteiger partial charge is 0.215 e. The van der Waals surface area contributed by atoms with Gasteiger partial charge in [-0.3, -0.25) is 0 Å². The lowest BCUT2D eigenvalue weighted by molar-refractivity contribution is 0.274. The molecule has 2 aromatic heterocycles. The van der Waals surface area contributed by atoms with Gasteiger partial charge >= 0.3 is 0 Å². The molecular formula is C18H17F2N3O2. The SMILES string of the molecule is Cc1cc(OCc2c(F)cccc2F)n2nc(C)c(C(=N)CO)c2c1. The summed E-state index contributed by atoms with van der Waals surface area (Å²) in [7, 11) is 0. The van der Waals surface area contributed by atoms with E-state index < -0.39 is 18.2 Å². The van der Waals surface area contributed by atoms with E-state index in [0.717, 1.165) is 5.56 Å². The first kappa shape index (κ1) is 17.0. The molecule has 5 nitrogen and oxygen atoms in total. The summed E-state index contributed by atoms with van der Waals surface area (Å²) in [6.07, 6.45) is 0. The summed E-state index contributed by atoms with van der Waals surface area (Å²) in [5.74, 6) is -1.05. The number of pyridine rings is 1. The van der Waals surface area contributed by atoms with Crippen LogP contribution in [0.25, 0.3) is 5.52 Å². The Morgan fingerprint density at radius 1 is 1.24 bits per heavy atom. The Balaban J connectivity index is 2.04. The fourth-order valence-corrected chi connectivity index (χ4v) is 2.73. The number of fused-ring (bicyclic) bond motifs is 1. The highest BCUT2D eigenvalue weighted by Crippen LogP contribution is 2.25. The van der Waals surface area contributed by atoms with Crippen LogP contribution in [-0.2, 0) is 6.61 Å². The third kappa shape index (κ3) is 3.10. The average molecular weight is 345 g/mol. The summed E-state index contributed by atoms with van der Waals surface area (Å²) in [4.78, 5) is 0. The van der Waals surface area contributed by atoms with Crippen LogP contribution in [0.3, 0.4) is 0 Å². The monoisotopic (exact) mass is 345 g/mol. The molecule has 0 radical (unpaired) electrons. The van der Waals surface area contributed by atoms with Gasteiger partial charge in [0.05, 0.1) is 29.1 Å². The van der Waals surface area contributed by atoms with Crippen molar-refractivity contribution in [3.63, 3.8) is 0 Å². The maximum atomic E-state index is 13.8. The third-order valence-electron chi connectivity index (χ3n) is 3.91. The molecule has 0 saturated carbocycles. The zero-order valence-corrected chi connectivity index (χ0v) is 13.8. The van der Waals surface area contributed by atoms with Crippen molar-refractivity contribution in [2.75, 3.05) is 6.61 Å². The number of benzene rings is 1. The van der Waals surface area contributed by atoms with Crippen LogP contribution in [0.15, 0.2) is 30.3 Å². The second kappa shape index (κ2) is 6.60. The van der Waals surface area contributed by atoms with Gasteiger partial charge in [0.1, 0.15) is 18.2 Å². The van der Waals surface area contributed by atoms with E-state index in [4.69, 9.17) is 10.1 Å². The molecule has 2 N–H and O–H groups in total. The van der Waals surface area contributed by atoms with Gasteiger partial charge in [-0.1, -0.05) is 6.07 Å². The largest absolute Gasteiger partial charge is 0.473 e. The van der Waals surface area contributed by atoms with Gasteiger partial charge in [-0.25, -0.2) is 13.3 Å². The normalized spacial score (nSPS) is 11.1. The minimum atomic E-state index is -0.678. The summed E-state index contributed by atoms with van der Waals surface area (Å²) < 4.78 is 34.6. The van der Waals surface area contributed by atoms with Crippen LogP contribution in [0.4, 0.5) is 8.78 Å². The summed E-state index contributed by atoms with van der Waals surface area (Å²) >= 11 is 0. The quantitative estimate of drug-likeness (QED) is 0.698. The fourth-order valence-electron chi connectivity index (χ4n) is 2.73. The number of hydrogen-bond acceptors (Lipinski definition) is 4. The van der Waals surface area contributed by atoms with Crippen LogP contribution in [0.5, 0.6) is 5.88 Å². The Kier molecular flexibility index (Phi) is 4.50. The standard InChI is InChI=1S/C18H17F2N3O2/c1-10-6-16-18(15(21)8-24)11(2)22-23(16)17(7-10)25-9-12-13(19)4-3-5-14(12)20/h3-7,21,24H,8-9H2,1-2H3. The fraction of sp³-hybridized carbons (Fsp3) is 0.222. The van der Waals surface area contributed by atoms with Gasteiger partial charge in [-0.15, -0.1) is 0 Å². The molecule has 0 saturated heterocycles. The van der Waals surface area contributed by atoms with Gasteiger partial charge in [0.15, 0.2) is 0 Å². The first-order chi connectivity index (χ1) is 11.9. The van der Waals surface area contributed by atoms with Gasteiger partial charge in [-0.2, -0.15) is 5.10 Å². The highest BCUT2D eigenvalue weighted by molar-refractivity contribution is 6.06. The van der Waals surface area contributed by atoms with E-state index in [1.54, 1.807) is 13.0 Å². The number of aromatic nitrogens is 2. The number of hydrogen-bond donors (Lipinski definition) is 2. The Bertz CT molecular complexity index is 946. The van der Waals surface area contributed by atoms with Crippen LogP contribution >= 0.6 is 0 Å². The van der Waals surface area contributed by atoms with E-state index in [9.17, 15) is 13.9 Å². The van der Waals surface area contributed by atoms with Gasteiger partial charge < -0.3 is 15.3 Å². The molecule has 0 amide bonds. The lowest BCUT2D eigenvalue weighted by atomic mass is 10.1. The second-order valence-electron chi connectivity index (χ2n) is 5.75. The highest BCUT2D eigenvalue weighted by Gasteiger charge is 2.17. The predicted octanol–water partition coefficient (Wildman–Crippen LogP) is 3.17. The molecule has 0 aliphatic carbocycles. The van der Waals surface area contributed by atoms with Crippen LogP contribution in [0.1, 0.15) is 22.4 Å². The molecule has 7 heteroatoms. The molecule has 25 heavy (non-hydrogen) atoms. The number of rotatable bonds is 5. The van der Waals surface area contributed by atoms with E-state index in [2.05, 4.69) is 5.10 Å². The lowest BCUT2D eigenvalue weighted by Crippen LogP contribution is -2.07. The molecule has 0 aliphatic rings. The van der Waals surface area contributed by atoms with E-state index in [1.807, 2.05) is 13.0 Å². The molecule has 3 rings (SSSR count). The van der Waals surface area contributed by atoms with Crippen molar-refractivity contribution in [2.45, 2.75) is 20.5 Å². The lowest BCUT2D eigenvalue weighted by Gasteiger charge is -2.11. The Labute approximate surface area is 143 Å². The second-order valence-corrected chi connectivity index (χ2v) is 5.75. The van der Waals surface area contributed by atoms with Gasteiger partial charge in [0, 0.05) is 11.6 Å². The summed E-state index contributed by atoms with van der Waals surface area (Å²) in [5.41, 5.74) is 2.40. The van der Waals surface area contributed by atoms with E-state index in [0.29, 0.717) is 22.7 Å². The van der Waals surface area contributed by atoms with Crippen molar-refractivity contribution in [1.29, 1.82) is 5.41 Å². The number of nitrogens with zero attached hydrogens (tertiary/aromatic N) is 2. The molecule has 3 aromatic rings. The molecule has 0 bridgehead atoms. The molecule has 0 spiro atoms. The van der Waals surface area contributed by atoms with Crippen molar-refractivity contribution < 1.29 is 18.6 Å². The molecule has 1 aromatic carbocycles. The van der Waals surface area contributed by atoms with Crippen molar-refractivity contribution in [3.8, 4) is 5.88 Å². The zero-order chi connectivity index (χ0) is 18.1. The number of ether oxygens (including phenoxy) is 1. The maximum Gasteiger partial charge on any atom is 0.215 e. The summed E-state index contributed by atoms with van der Waals surface area (Å²) in [6, 6.07) is 7.15. The van der Waals surface area contributed by atoms with Gasteiger partial charge in [0.2, 0.25) is 5.88 Å². The minimum Gasteiger partial charge on any atom is -0.473 e. The van der Waals surface area contributed by atoms with Crippen LogP contribution in [0, 0.1) is 30.9 Å². The topological polar surface area (TPSA) is 70.6 Å². The van der Waals surface area contributed by atoms with E-state index in [1.165, 1.54) is 22.7 Å². The van der Waals surface area contributed by atoms with Crippen molar-refractivity contribution >= 4 is 11.2 Å². The maximum absolute atomic E-state index is 13.8. The number of nitrogens with one attached hydrogen (secondary N) is 1. The molecule has 0 atom stereocenters. The molecule has 0 unspecified atom stereocenters. The zero-order valence-electron chi connectivity index (χ0n) is 13.8.